The van der Waals surface area contributed by atoms with Crippen LogP contribution in [-0.2, 0) is 11.2 Å². The van der Waals surface area contributed by atoms with Gasteiger partial charge in [0, 0.05) is 0 Å². The van der Waals surface area contributed by atoms with Gasteiger partial charge in [0.1, 0.15) is 8.07 Å². The third-order valence-electron chi connectivity index (χ3n) is 7.83. The van der Waals surface area contributed by atoms with Gasteiger partial charge in [0.05, 0.1) is 6.04 Å². The van der Waals surface area contributed by atoms with E-state index in [1.807, 2.05) is 18.2 Å². The molecule has 0 spiro atoms. The Morgan fingerprint density at radius 2 is 1.44 bits per heavy atom. The number of carbonyl (C=O) groups excluding carboxylic acids is 1. The van der Waals surface area contributed by atoms with Crippen LogP contribution in [0.3, 0.4) is 0 Å². The number of carbonyl (C=O) groups is 1. The number of nitrogens with one attached hydrogen (secondary N) is 1. The predicted octanol–water partition coefficient (Wildman–Crippen LogP) is 8.71. The quantitative estimate of drug-likeness (QED) is 0.298. The van der Waals surface area contributed by atoms with Crippen LogP contribution < -0.4 is 5.32 Å². The first kappa shape index (κ1) is 28.3. The minimum Gasteiger partial charge on any atom is -0.338 e. The first-order valence-electron chi connectivity index (χ1n) is 14.5. The molecule has 1 aliphatic heterocycles. The molecule has 1 amide bonds. The van der Waals surface area contributed by atoms with Crippen LogP contribution in [0.1, 0.15) is 100 Å². The van der Waals surface area contributed by atoms with E-state index in [9.17, 15) is 4.79 Å². The molecular weight excluding hydrogens is 454 g/mol. The number of rotatable bonds is 7. The van der Waals surface area contributed by atoms with Crippen molar-refractivity contribution in [2.75, 3.05) is 0 Å². The van der Waals surface area contributed by atoms with Crippen LogP contribution in [0.25, 0.3) is 0 Å². The molecule has 0 aromatic heterocycles. The number of aryl methyl sites for hydroxylation is 1. The summed E-state index contributed by atoms with van der Waals surface area (Å²) in [6, 6.07) is 22.7. The van der Waals surface area contributed by atoms with Gasteiger partial charge in [-0.05, 0) is 48.5 Å². The Bertz CT molecular complexity index is 945. The molecule has 194 valence electrons. The van der Waals surface area contributed by atoms with Gasteiger partial charge >= 0.3 is 0 Å². The molecule has 1 fully saturated rings. The Morgan fingerprint density at radius 3 is 2.03 bits per heavy atom. The Balaban J connectivity index is 1.76. The second kappa shape index (κ2) is 15.7. The Labute approximate surface area is 221 Å². The third kappa shape index (κ3) is 9.98. The van der Waals surface area contributed by atoms with Gasteiger partial charge in [0.15, 0.2) is 0 Å². The van der Waals surface area contributed by atoms with Gasteiger partial charge in [-0.3, -0.25) is 4.79 Å². The number of amides is 1. The van der Waals surface area contributed by atoms with Gasteiger partial charge in [0.2, 0.25) is 0 Å². The van der Waals surface area contributed by atoms with Gasteiger partial charge in [0.25, 0.3) is 5.91 Å². The second-order valence-electron chi connectivity index (χ2n) is 10.9. The highest BCUT2D eigenvalue weighted by Crippen LogP contribution is 2.30. The van der Waals surface area contributed by atoms with Gasteiger partial charge in [-0.15, -0.1) is 5.54 Å². The van der Waals surface area contributed by atoms with Crippen molar-refractivity contribution in [1.29, 1.82) is 0 Å². The Morgan fingerprint density at radius 1 is 0.861 bits per heavy atom. The number of benzene rings is 2. The summed E-state index contributed by atoms with van der Waals surface area (Å²) in [4.78, 5) is 13.2. The zero-order valence-electron chi connectivity index (χ0n) is 22.8. The van der Waals surface area contributed by atoms with Crippen LogP contribution in [-0.4, -0.2) is 14.0 Å². The normalized spacial score (nSPS) is 17.5. The molecule has 0 bridgehead atoms. The molecule has 1 aliphatic rings. The maximum absolute atomic E-state index is 13.2. The molecule has 1 unspecified atom stereocenters. The summed E-state index contributed by atoms with van der Waals surface area (Å²) in [7, 11) is -1.78. The van der Waals surface area contributed by atoms with Crippen molar-refractivity contribution in [2.45, 2.75) is 115 Å². The molecule has 2 aromatic rings. The third-order valence-corrected chi connectivity index (χ3v) is 12.4. The molecule has 36 heavy (non-hydrogen) atoms. The molecule has 1 heterocycles. The average Bonchev–Trinajstić information content (AvgIpc) is 2.89. The number of hydrogen-bond donors (Lipinski definition) is 1. The first-order chi connectivity index (χ1) is 17.6. The van der Waals surface area contributed by atoms with Gasteiger partial charge in [-0.1, -0.05) is 138 Å². The average molecular weight is 502 g/mol. The molecule has 3 heteroatoms. The summed E-state index contributed by atoms with van der Waals surface area (Å²) >= 11 is 0. The standard InChI is InChI=1S/C33H47NOSi/c1-3-4-24-36(25-15-10-8-6-5-7-9-11-16-26-36)27-23-33(35)34-32(31-17-13-12-14-18-31)28-30-21-19-29(2)20-22-30/h12-14,17-22,32H,3-11,15-16,24-26,28H2,1-2H3,(H,34,35). The summed E-state index contributed by atoms with van der Waals surface area (Å²) in [6.07, 6.45) is 15.4. The summed E-state index contributed by atoms with van der Waals surface area (Å²) < 4.78 is 0. The van der Waals surface area contributed by atoms with E-state index >= 15 is 0 Å². The van der Waals surface area contributed by atoms with Crippen molar-refractivity contribution in [3.8, 4) is 11.5 Å². The fourth-order valence-corrected chi connectivity index (χ4v) is 9.91. The van der Waals surface area contributed by atoms with Crippen molar-refractivity contribution in [2.24, 2.45) is 0 Å². The van der Waals surface area contributed by atoms with E-state index < -0.39 is 8.07 Å². The lowest BCUT2D eigenvalue weighted by Crippen LogP contribution is -2.34. The molecule has 1 saturated heterocycles. The SMILES string of the molecule is CCCC[Si]1(C#CC(=O)NC(Cc2ccc(C)cc2)c2ccccc2)CCCCCCCCCCC1. The van der Waals surface area contributed by atoms with Crippen molar-refractivity contribution in [3.05, 3.63) is 71.3 Å². The minimum atomic E-state index is -1.78. The van der Waals surface area contributed by atoms with E-state index in [0.717, 1.165) is 12.0 Å². The number of hydrogen-bond acceptors (Lipinski definition) is 1. The van der Waals surface area contributed by atoms with Crippen molar-refractivity contribution >= 4 is 14.0 Å². The maximum atomic E-state index is 13.2. The smallest absolute Gasteiger partial charge is 0.295 e. The molecule has 0 aliphatic carbocycles. The van der Waals surface area contributed by atoms with Crippen molar-refractivity contribution in [1.82, 2.24) is 5.32 Å². The fourth-order valence-electron chi connectivity index (χ4n) is 5.52. The van der Waals surface area contributed by atoms with Crippen molar-refractivity contribution in [3.63, 3.8) is 0 Å². The van der Waals surface area contributed by atoms with Crippen LogP contribution in [0.2, 0.25) is 18.1 Å². The lowest BCUT2D eigenvalue weighted by atomic mass is 9.98. The Kier molecular flexibility index (Phi) is 12.3. The Hall–Kier alpha value is -2.31. The van der Waals surface area contributed by atoms with E-state index in [2.05, 4.69) is 67.0 Å². The van der Waals surface area contributed by atoms with Gasteiger partial charge in [-0.2, -0.15) is 0 Å². The zero-order chi connectivity index (χ0) is 25.5. The molecular formula is C33H47NOSi. The highest BCUT2D eigenvalue weighted by atomic mass is 28.3. The largest absolute Gasteiger partial charge is 0.338 e. The number of unbranched alkanes of at least 4 members (excludes halogenated alkanes) is 1. The van der Waals surface area contributed by atoms with E-state index in [-0.39, 0.29) is 11.9 Å². The van der Waals surface area contributed by atoms with E-state index in [0.29, 0.717) is 0 Å². The molecule has 1 N–H and O–H groups in total. The summed E-state index contributed by atoms with van der Waals surface area (Å²) in [5.41, 5.74) is 7.35. The van der Waals surface area contributed by atoms with Crippen LogP contribution in [0, 0.1) is 18.4 Å². The fraction of sp³-hybridized carbons (Fsp3) is 0.545. The molecule has 0 radical (unpaired) electrons. The molecule has 1 atom stereocenters. The summed E-state index contributed by atoms with van der Waals surface area (Å²) in [5, 5.41) is 3.29. The van der Waals surface area contributed by atoms with Crippen LogP contribution >= 0.6 is 0 Å². The van der Waals surface area contributed by atoms with E-state index in [4.69, 9.17) is 0 Å². The van der Waals surface area contributed by atoms with E-state index in [1.54, 1.807) is 0 Å². The highest BCUT2D eigenvalue weighted by molar-refractivity contribution is 6.87. The van der Waals surface area contributed by atoms with Crippen LogP contribution in [0.15, 0.2) is 54.6 Å². The predicted molar refractivity (Wildman–Crippen MR) is 157 cm³/mol. The van der Waals surface area contributed by atoms with Crippen LogP contribution in [0.4, 0.5) is 0 Å². The summed E-state index contributed by atoms with van der Waals surface area (Å²) in [5.74, 6) is 3.07. The minimum absolute atomic E-state index is 0.0692. The van der Waals surface area contributed by atoms with Crippen LogP contribution in [0.5, 0.6) is 0 Å². The van der Waals surface area contributed by atoms with Crippen molar-refractivity contribution < 1.29 is 4.79 Å². The molecule has 2 aromatic carbocycles. The lowest BCUT2D eigenvalue weighted by molar-refractivity contribution is -0.116. The summed E-state index contributed by atoms with van der Waals surface area (Å²) in [6.45, 7) is 4.39. The first-order valence-corrected chi connectivity index (χ1v) is 17.2. The second-order valence-corrected chi connectivity index (χ2v) is 15.3. The van der Waals surface area contributed by atoms with Gasteiger partial charge in [-0.25, -0.2) is 0 Å². The molecule has 3 rings (SSSR count). The van der Waals surface area contributed by atoms with Gasteiger partial charge < -0.3 is 5.32 Å². The van der Waals surface area contributed by atoms with E-state index in [1.165, 1.54) is 99.9 Å². The molecule has 0 saturated carbocycles. The zero-order valence-corrected chi connectivity index (χ0v) is 23.8. The lowest BCUT2D eigenvalue weighted by Gasteiger charge is -2.27. The highest BCUT2D eigenvalue weighted by Gasteiger charge is 2.30. The monoisotopic (exact) mass is 501 g/mol. The maximum Gasteiger partial charge on any atom is 0.295 e. The molecule has 2 nitrogen and oxygen atoms in total. The topological polar surface area (TPSA) is 29.1 Å².